The van der Waals surface area contributed by atoms with Crippen LogP contribution < -0.4 is 0 Å². The van der Waals surface area contributed by atoms with Crippen LogP contribution in [-0.4, -0.2) is 39.4 Å². The van der Waals surface area contributed by atoms with E-state index >= 15 is 0 Å². The average Bonchev–Trinajstić information content (AvgIpc) is 2.77. The molecule has 1 aromatic heterocycles. The molecule has 1 heterocycles. The highest BCUT2D eigenvalue weighted by Crippen LogP contribution is 2.18. The number of benzene rings is 1. The summed E-state index contributed by atoms with van der Waals surface area (Å²) < 4.78 is 4.56. The molecule has 1 aromatic carbocycles. The molecule has 20 heavy (non-hydrogen) atoms. The monoisotopic (exact) mass is 274 g/mol. The Labute approximate surface area is 115 Å². The van der Waals surface area contributed by atoms with Crippen molar-refractivity contribution in [3.8, 4) is 0 Å². The number of carbonyl (C=O) groups excluding carboxylic acids is 1. The van der Waals surface area contributed by atoms with Crippen LogP contribution in [0.25, 0.3) is 11.0 Å². The lowest BCUT2D eigenvalue weighted by Gasteiger charge is -2.00. The van der Waals surface area contributed by atoms with Crippen molar-refractivity contribution >= 4 is 28.9 Å². The molecular weight excluding hydrogens is 260 g/mol. The summed E-state index contributed by atoms with van der Waals surface area (Å²) in [4.78, 5) is 17.0. The second-order valence-corrected chi connectivity index (χ2v) is 4.11. The molecule has 0 saturated heterocycles. The number of aromatic nitrogens is 3. The van der Waals surface area contributed by atoms with Crippen LogP contribution in [0, 0.1) is 0 Å². The van der Waals surface area contributed by atoms with E-state index in [2.05, 4.69) is 19.9 Å². The van der Waals surface area contributed by atoms with Crippen LogP contribution in [0.5, 0.6) is 0 Å². The van der Waals surface area contributed by atoms with Crippen LogP contribution >= 0.6 is 0 Å². The second-order valence-electron chi connectivity index (χ2n) is 4.11. The van der Waals surface area contributed by atoms with E-state index < -0.39 is 5.97 Å². The minimum atomic E-state index is -0.644. The number of rotatable bonds is 3. The zero-order valence-electron chi connectivity index (χ0n) is 11.4. The number of fused-ring (bicyclic) bond motifs is 1. The fraction of sp³-hybridized carbons (Fsp3) is 0.231. The Morgan fingerprint density at radius 1 is 1.40 bits per heavy atom. The lowest BCUT2D eigenvalue weighted by Crippen LogP contribution is -2.08. The molecular formula is C13H14N4O3. The average molecular weight is 274 g/mol. The van der Waals surface area contributed by atoms with Gasteiger partial charge in [-0.05, 0) is 25.1 Å². The molecule has 0 saturated carbocycles. The van der Waals surface area contributed by atoms with Gasteiger partial charge in [-0.3, -0.25) is 4.99 Å². The van der Waals surface area contributed by atoms with Crippen molar-refractivity contribution in [3.05, 3.63) is 29.5 Å². The number of esters is 1. The third kappa shape index (κ3) is 2.82. The van der Waals surface area contributed by atoms with Gasteiger partial charge in [0.1, 0.15) is 22.4 Å². The van der Waals surface area contributed by atoms with Crippen molar-refractivity contribution in [2.45, 2.75) is 6.92 Å². The van der Waals surface area contributed by atoms with E-state index in [1.807, 2.05) is 0 Å². The van der Waals surface area contributed by atoms with E-state index in [4.69, 9.17) is 0 Å². The molecule has 2 aromatic rings. The Morgan fingerprint density at radius 2 is 2.10 bits per heavy atom. The number of aryl methyl sites for hydroxylation is 1. The summed E-state index contributed by atoms with van der Waals surface area (Å²) in [5, 5.41) is 17.7. The first kappa shape index (κ1) is 13.7. The number of hydrogen-bond acceptors (Lipinski definition) is 6. The highest BCUT2D eigenvalue weighted by molar-refractivity contribution is 6.10. The van der Waals surface area contributed by atoms with Gasteiger partial charge in [0.05, 0.1) is 12.8 Å². The maximum atomic E-state index is 11.4. The minimum Gasteiger partial charge on any atom is -0.512 e. The van der Waals surface area contributed by atoms with E-state index in [0.717, 1.165) is 5.52 Å². The summed E-state index contributed by atoms with van der Waals surface area (Å²) in [6.07, 6.45) is 1.26. The van der Waals surface area contributed by atoms with Gasteiger partial charge in [0.25, 0.3) is 0 Å². The topological polar surface area (TPSA) is 89.6 Å². The number of aliphatic hydroxyl groups excluding tert-OH is 1. The molecule has 0 unspecified atom stereocenters. The molecule has 0 aliphatic heterocycles. The van der Waals surface area contributed by atoms with Gasteiger partial charge in [0, 0.05) is 13.3 Å². The molecule has 0 atom stereocenters. The SMILES string of the molecule is COC(=O)/C(C=Nc1ccc2nn(C)nc2c1)=C(/C)O. The number of allylic oxidation sites excluding steroid dienone is 1. The van der Waals surface area contributed by atoms with Crippen molar-refractivity contribution in [1.29, 1.82) is 0 Å². The first-order chi connectivity index (χ1) is 9.51. The van der Waals surface area contributed by atoms with Crippen LogP contribution in [0.3, 0.4) is 0 Å². The van der Waals surface area contributed by atoms with Crippen LogP contribution in [-0.2, 0) is 16.6 Å². The minimum absolute atomic E-state index is 0.00624. The molecule has 0 spiro atoms. The van der Waals surface area contributed by atoms with E-state index in [0.29, 0.717) is 11.2 Å². The number of aliphatic hydroxyl groups is 1. The van der Waals surface area contributed by atoms with Gasteiger partial charge >= 0.3 is 5.97 Å². The summed E-state index contributed by atoms with van der Waals surface area (Å²) in [5.74, 6) is -0.796. The number of carbonyl (C=O) groups is 1. The van der Waals surface area contributed by atoms with Gasteiger partial charge in [-0.25, -0.2) is 4.79 Å². The third-order valence-electron chi connectivity index (χ3n) is 2.60. The van der Waals surface area contributed by atoms with Crippen molar-refractivity contribution < 1.29 is 14.6 Å². The Kier molecular flexibility index (Phi) is 3.79. The summed E-state index contributed by atoms with van der Waals surface area (Å²) in [5.41, 5.74) is 2.06. The molecule has 0 bridgehead atoms. The molecule has 7 heteroatoms. The zero-order valence-corrected chi connectivity index (χ0v) is 11.4. The fourth-order valence-corrected chi connectivity index (χ4v) is 1.63. The first-order valence-corrected chi connectivity index (χ1v) is 5.84. The van der Waals surface area contributed by atoms with Crippen molar-refractivity contribution in [3.63, 3.8) is 0 Å². The molecule has 104 valence electrons. The Morgan fingerprint density at radius 3 is 2.75 bits per heavy atom. The number of nitrogens with zero attached hydrogens (tertiary/aromatic N) is 4. The van der Waals surface area contributed by atoms with Crippen molar-refractivity contribution in [2.24, 2.45) is 12.0 Å². The Balaban J connectivity index is 2.32. The zero-order chi connectivity index (χ0) is 14.7. The normalized spacial score (nSPS) is 12.8. The lowest BCUT2D eigenvalue weighted by atomic mass is 10.2. The molecule has 1 N–H and O–H groups in total. The molecule has 7 nitrogen and oxygen atoms in total. The smallest absolute Gasteiger partial charge is 0.342 e. The predicted molar refractivity (Wildman–Crippen MR) is 74.0 cm³/mol. The van der Waals surface area contributed by atoms with E-state index in [9.17, 15) is 9.90 Å². The van der Waals surface area contributed by atoms with Crippen molar-refractivity contribution in [2.75, 3.05) is 7.11 Å². The number of hydrogen-bond donors (Lipinski definition) is 1. The van der Waals surface area contributed by atoms with E-state index in [1.54, 1.807) is 25.2 Å². The first-order valence-electron chi connectivity index (χ1n) is 5.84. The standard InChI is InChI=1S/C13H14N4O3/c1-8(18)10(13(19)20-3)7-14-9-4-5-11-12(6-9)16-17(2)15-11/h4-7,18H,1-3H3/b10-8-,14-7?. The van der Waals surface area contributed by atoms with Gasteiger partial charge in [-0.2, -0.15) is 15.0 Å². The quantitative estimate of drug-likeness (QED) is 0.398. The number of aliphatic imine (C=N–C) groups is 1. The summed E-state index contributed by atoms with van der Waals surface area (Å²) in [7, 11) is 2.97. The molecule has 0 aliphatic carbocycles. The Hall–Kier alpha value is -2.70. The van der Waals surface area contributed by atoms with E-state index in [-0.39, 0.29) is 11.3 Å². The molecule has 0 radical (unpaired) electrons. The van der Waals surface area contributed by atoms with Gasteiger partial charge in [0.2, 0.25) is 0 Å². The Bertz CT molecular complexity index is 711. The summed E-state index contributed by atoms with van der Waals surface area (Å²) in [6.45, 7) is 1.39. The molecule has 2 rings (SSSR count). The predicted octanol–water partition coefficient (Wildman–Crippen LogP) is 1.68. The van der Waals surface area contributed by atoms with Crippen LogP contribution in [0.2, 0.25) is 0 Å². The number of methoxy groups -OCH3 is 1. The van der Waals surface area contributed by atoms with Gasteiger partial charge in [-0.1, -0.05) is 0 Å². The molecule has 0 amide bonds. The fourth-order valence-electron chi connectivity index (χ4n) is 1.63. The highest BCUT2D eigenvalue weighted by Gasteiger charge is 2.10. The van der Waals surface area contributed by atoms with E-state index in [1.165, 1.54) is 25.0 Å². The van der Waals surface area contributed by atoms with Gasteiger partial charge in [-0.15, -0.1) is 0 Å². The highest BCUT2D eigenvalue weighted by atomic mass is 16.5. The maximum absolute atomic E-state index is 11.4. The molecule has 0 fully saturated rings. The maximum Gasteiger partial charge on any atom is 0.342 e. The van der Waals surface area contributed by atoms with Crippen LogP contribution in [0.4, 0.5) is 5.69 Å². The molecule has 0 aliphatic rings. The lowest BCUT2D eigenvalue weighted by molar-refractivity contribution is -0.135. The van der Waals surface area contributed by atoms with Crippen LogP contribution in [0.15, 0.2) is 34.5 Å². The van der Waals surface area contributed by atoms with Crippen LogP contribution in [0.1, 0.15) is 6.92 Å². The van der Waals surface area contributed by atoms with Gasteiger partial charge in [0.15, 0.2) is 0 Å². The summed E-state index contributed by atoms with van der Waals surface area (Å²) in [6, 6.07) is 5.26. The summed E-state index contributed by atoms with van der Waals surface area (Å²) >= 11 is 0. The number of ether oxygens (including phenoxy) is 1. The second kappa shape index (κ2) is 5.52. The third-order valence-corrected chi connectivity index (χ3v) is 2.60. The largest absolute Gasteiger partial charge is 0.512 e. The van der Waals surface area contributed by atoms with Gasteiger partial charge < -0.3 is 9.84 Å². The van der Waals surface area contributed by atoms with Crippen molar-refractivity contribution in [1.82, 2.24) is 15.0 Å².